The molecule has 5 heteroatoms. The molecule has 0 spiro atoms. The van der Waals surface area contributed by atoms with Gasteiger partial charge in [0.2, 0.25) is 0 Å². The normalized spacial score (nSPS) is 10.5. The molecular weight excluding hydrogens is 290 g/mol. The number of rotatable bonds is 4. The molecule has 0 saturated carbocycles. The van der Waals surface area contributed by atoms with Crippen LogP contribution < -0.4 is 10.1 Å². The molecule has 3 N–H and O–H groups in total. The summed E-state index contributed by atoms with van der Waals surface area (Å²) >= 11 is 0. The van der Waals surface area contributed by atoms with Crippen LogP contribution in [0, 0.1) is 5.41 Å². The van der Waals surface area contributed by atoms with Crippen molar-refractivity contribution in [3.8, 4) is 5.75 Å². The maximum Gasteiger partial charge on any atom is 0.272 e. The molecule has 0 aliphatic carbocycles. The number of para-hydroxylation sites is 1. The van der Waals surface area contributed by atoms with Crippen LogP contribution in [0.5, 0.6) is 5.75 Å². The van der Waals surface area contributed by atoms with Crippen molar-refractivity contribution in [1.29, 1.82) is 5.41 Å². The zero-order valence-corrected chi connectivity index (χ0v) is 12.9. The third-order valence-electron chi connectivity index (χ3n) is 3.66. The van der Waals surface area contributed by atoms with E-state index in [0.29, 0.717) is 22.8 Å². The van der Waals surface area contributed by atoms with E-state index in [1.165, 1.54) is 0 Å². The lowest BCUT2D eigenvalue weighted by Gasteiger charge is -2.05. The third-order valence-corrected chi connectivity index (χ3v) is 3.66. The fourth-order valence-corrected chi connectivity index (χ4v) is 2.42. The highest BCUT2D eigenvalue weighted by atomic mass is 16.5. The van der Waals surface area contributed by atoms with Crippen LogP contribution in [0.4, 0.5) is 5.69 Å². The number of benzene rings is 2. The molecule has 3 aromatic rings. The molecule has 0 saturated heterocycles. The molecule has 0 radical (unpaired) electrons. The van der Waals surface area contributed by atoms with Crippen molar-refractivity contribution in [2.24, 2.45) is 0 Å². The summed E-state index contributed by atoms with van der Waals surface area (Å²) < 4.78 is 5.29. The van der Waals surface area contributed by atoms with Crippen molar-refractivity contribution in [3.05, 3.63) is 59.8 Å². The number of methoxy groups -OCH3 is 1. The molecule has 2 aromatic carbocycles. The maximum atomic E-state index is 12.4. The quantitative estimate of drug-likeness (QED) is 0.641. The Bertz CT molecular complexity index is 879. The molecule has 3 rings (SSSR count). The number of carbonyl (C=O) groups excluding carboxylic acids is 1. The summed E-state index contributed by atoms with van der Waals surface area (Å²) in [7, 11) is 1.60. The molecule has 1 amide bonds. The van der Waals surface area contributed by atoms with E-state index in [0.717, 1.165) is 16.5 Å². The molecule has 5 nitrogen and oxygen atoms in total. The summed E-state index contributed by atoms with van der Waals surface area (Å²) in [5, 5.41) is 11.3. The molecular formula is C18H17N3O2. The van der Waals surface area contributed by atoms with E-state index in [4.69, 9.17) is 10.1 Å². The minimum atomic E-state index is -0.220. The first-order chi connectivity index (χ1) is 11.1. The predicted molar refractivity (Wildman–Crippen MR) is 91.7 cm³/mol. The topological polar surface area (TPSA) is 78.0 Å². The maximum absolute atomic E-state index is 12.4. The second-order valence-corrected chi connectivity index (χ2v) is 5.26. The van der Waals surface area contributed by atoms with Gasteiger partial charge >= 0.3 is 0 Å². The Balaban J connectivity index is 1.84. The number of amides is 1. The number of hydrogen-bond donors (Lipinski definition) is 3. The molecule has 0 unspecified atom stereocenters. The van der Waals surface area contributed by atoms with Crippen LogP contribution in [0.3, 0.4) is 0 Å². The van der Waals surface area contributed by atoms with Crippen LogP contribution in [0.25, 0.3) is 10.9 Å². The average molecular weight is 307 g/mol. The molecule has 23 heavy (non-hydrogen) atoms. The number of aromatic nitrogens is 1. The third kappa shape index (κ3) is 2.94. The summed E-state index contributed by atoms with van der Waals surface area (Å²) in [5.74, 6) is 0.481. The lowest BCUT2D eigenvalue weighted by atomic mass is 10.1. The highest BCUT2D eigenvalue weighted by Crippen LogP contribution is 2.25. The van der Waals surface area contributed by atoms with Crippen molar-refractivity contribution >= 4 is 28.2 Å². The first kappa shape index (κ1) is 14.8. The lowest BCUT2D eigenvalue weighted by molar-refractivity contribution is 0.102. The number of aromatic amines is 1. The largest absolute Gasteiger partial charge is 0.495 e. The van der Waals surface area contributed by atoms with Gasteiger partial charge in [0.1, 0.15) is 11.4 Å². The van der Waals surface area contributed by atoms with Crippen LogP contribution in [-0.2, 0) is 0 Å². The van der Waals surface area contributed by atoms with E-state index >= 15 is 0 Å². The smallest absolute Gasteiger partial charge is 0.272 e. The highest BCUT2D eigenvalue weighted by Gasteiger charge is 2.12. The van der Waals surface area contributed by atoms with Crippen molar-refractivity contribution in [2.75, 3.05) is 12.4 Å². The summed E-state index contributed by atoms with van der Waals surface area (Å²) in [6.07, 6.45) is 0. The van der Waals surface area contributed by atoms with Crippen LogP contribution in [0.15, 0.2) is 48.5 Å². The summed E-state index contributed by atoms with van der Waals surface area (Å²) in [6, 6.07) is 14.6. The van der Waals surface area contributed by atoms with E-state index in [1.807, 2.05) is 30.3 Å². The number of hydrogen-bond acceptors (Lipinski definition) is 3. The van der Waals surface area contributed by atoms with E-state index in [-0.39, 0.29) is 5.91 Å². The Hall–Kier alpha value is -3.08. The first-order valence-electron chi connectivity index (χ1n) is 7.21. The molecule has 0 fully saturated rings. The van der Waals surface area contributed by atoms with Crippen LogP contribution in [0.1, 0.15) is 23.0 Å². The van der Waals surface area contributed by atoms with Gasteiger partial charge in [-0.25, -0.2) is 0 Å². The number of fused-ring (bicyclic) bond motifs is 1. The van der Waals surface area contributed by atoms with Crippen molar-refractivity contribution < 1.29 is 9.53 Å². The second-order valence-electron chi connectivity index (χ2n) is 5.26. The Morgan fingerprint density at radius 2 is 1.91 bits per heavy atom. The van der Waals surface area contributed by atoms with Crippen molar-refractivity contribution in [1.82, 2.24) is 4.98 Å². The standard InChI is InChI=1S/C18H17N3O2/c1-11(19)12-6-8-14(9-7-12)20-18(22)15-10-13-4-3-5-16(23-2)17(13)21-15/h3-10,19,21H,1-2H3,(H,20,22). The molecule has 1 heterocycles. The SMILES string of the molecule is COc1cccc2cc(C(=O)Nc3ccc(C(C)=N)cc3)[nH]c12. The minimum absolute atomic E-state index is 0.220. The monoisotopic (exact) mass is 307 g/mol. The van der Waals surface area contributed by atoms with Gasteiger partial charge in [0, 0.05) is 16.8 Å². The molecule has 0 atom stereocenters. The van der Waals surface area contributed by atoms with Gasteiger partial charge in [-0.2, -0.15) is 0 Å². The van der Waals surface area contributed by atoms with E-state index in [1.54, 1.807) is 32.2 Å². The Morgan fingerprint density at radius 1 is 1.17 bits per heavy atom. The number of nitrogens with one attached hydrogen (secondary N) is 3. The van der Waals surface area contributed by atoms with Gasteiger partial charge < -0.3 is 20.4 Å². The number of carbonyl (C=O) groups is 1. The van der Waals surface area contributed by atoms with Crippen LogP contribution in [0.2, 0.25) is 0 Å². The molecule has 0 bridgehead atoms. The summed E-state index contributed by atoms with van der Waals surface area (Å²) in [5.41, 5.74) is 3.28. The first-order valence-corrected chi connectivity index (χ1v) is 7.21. The Morgan fingerprint density at radius 3 is 2.57 bits per heavy atom. The van der Waals surface area contributed by atoms with E-state index in [9.17, 15) is 4.79 Å². The molecule has 116 valence electrons. The van der Waals surface area contributed by atoms with Gasteiger partial charge in [0.25, 0.3) is 5.91 Å². The number of H-pyrrole nitrogens is 1. The zero-order valence-electron chi connectivity index (χ0n) is 12.9. The van der Waals surface area contributed by atoms with Gasteiger partial charge in [-0.15, -0.1) is 0 Å². The fraction of sp³-hybridized carbons (Fsp3) is 0.111. The number of ether oxygens (including phenoxy) is 1. The molecule has 0 aliphatic rings. The number of anilines is 1. The van der Waals surface area contributed by atoms with Gasteiger partial charge in [-0.3, -0.25) is 4.79 Å². The molecule has 1 aromatic heterocycles. The van der Waals surface area contributed by atoms with E-state index in [2.05, 4.69) is 10.3 Å². The van der Waals surface area contributed by atoms with Gasteiger partial charge in [0.15, 0.2) is 0 Å². The van der Waals surface area contributed by atoms with Gasteiger partial charge in [-0.05, 0) is 36.8 Å². The predicted octanol–water partition coefficient (Wildman–Crippen LogP) is 3.82. The Labute approximate surface area is 133 Å². The minimum Gasteiger partial charge on any atom is -0.495 e. The zero-order chi connectivity index (χ0) is 16.4. The average Bonchev–Trinajstić information content (AvgIpc) is 2.99. The lowest BCUT2D eigenvalue weighted by Crippen LogP contribution is -2.12. The Kier molecular flexibility index (Phi) is 3.85. The summed E-state index contributed by atoms with van der Waals surface area (Å²) in [6.45, 7) is 1.73. The van der Waals surface area contributed by atoms with Crippen LogP contribution in [-0.4, -0.2) is 23.7 Å². The molecule has 0 aliphatic heterocycles. The van der Waals surface area contributed by atoms with Crippen molar-refractivity contribution in [2.45, 2.75) is 6.92 Å². The second kappa shape index (κ2) is 5.96. The summed E-state index contributed by atoms with van der Waals surface area (Å²) in [4.78, 5) is 15.5. The van der Waals surface area contributed by atoms with Crippen molar-refractivity contribution in [3.63, 3.8) is 0 Å². The fourth-order valence-electron chi connectivity index (χ4n) is 2.42. The van der Waals surface area contributed by atoms with E-state index < -0.39 is 0 Å². The van der Waals surface area contributed by atoms with Gasteiger partial charge in [-0.1, -0.05) is 24.3 Å². The highest BCUT2D eigenvalue weighted by molar-refractivity contribution is 6.06. The van der Waals surface area contributed by atoms with Crippen LogP contribution >= 0.6 is 0 Å². The van der Waals surface area contributed by atoms with Gasteiger partial charge in [0.05, 0.1) is 12.6 Å².